The number of carbonyl (C=O) groups is 2. The van der Waals surface area contributed by atoms with Crippen molar-refractivity contribution in [2.24, 2.45) is 0 Å². The zero-order chi connectivity index (χ0) is 12.8. The highest BCUT2D eigenvalue weighted by molar-refractivity contribution is 5.74. The third kappa shape index (κ3) is 4.86. The highest BCUT2D eigenvalue weighted by Gasteiger charge is 2.30. The van der Waals surface area contributed by atoms with E-state index >= 15 is 0 Å². The summed E-state index contributed by atoms with van der Waals surface area (Å²) in [5, 5.41) is 14.0. The molecule has 1 aliphatic heterocycles. The molecule has 0 spiro atoms. The molecule has 1 rings (SSSR count). The Labute approximate surface area is 100 Å². The second-order valence-corrected chi connectivity index (χ2v) is 4.18. The molecule has 6 heteroatoms. The van der Waals surface area contributed by atoms with Crippen molar-refractivity contribution in [3.8, 4) is 0 Å². The van der Waals surface area contributed by atoms with Crippen molar-refractivity contribution in [1.29, 1.82) is 0 Å². The van der Waals surface area contributed by atoms with Gasteiger partial charge in [0, 0.05) is 13.1 Å². The largest absolute Gasteiger partial charge is 0.479 e. The first kappa shape index (κ1) is 13.5. The van der Waals surface area contributed by atoms with E-state index in [9.17, 15) is 9.59 Å². The number of nitrogens with one attached hydrogen (secondary N) is 2. The van der Waals surface area contributed by atoms with Gasteiger partial charge in [-0.15, -0.1) is 0 Å². The lowest BCUT2D eigenvalue weighted by atomic mass is 10.2. The normalized spacial score (nSPS) is 23.1. The second-order valence-electron chi connectivity index (χ2n) is 4.18. The number of carboxylic acids is 1. The predicted molar refractivity (Wildman–Crippen MR) is 61.7 cm³/mol. The smallest absolute Gasteiger partial charge is 0.332 e. The molecule has 1 fully saturated rings. The van der Waals surface area contributed by atoms with E-state index in [-0.39, 0.29) is 12.1 Å². The fraction of sp³-hybridized carbons (Fsp3) is 0.636. The van der Waals surface area contributed by atoms with Crippen LogP contribution >= 0.6 is 0 Å². The van der Waals surface area contributed by atoms with Gasteiger partial charge in [-0.1, -0.05) is 12.2 Å². The van der Waals surface area contributed by atoms with Crippen LogP contribution in [0.25, 0.3) is 0 Å². The van der Waals surface area contributed by atoms with Crippen LogP contribution < -0.4 is 10.6 Å². The molecule has 2 unspecified atom stereocenters. The summed E-state index contributed by atoms with van der Waals surface area (Å²) < 4.78 is 5.24. The fourth-order valence-electron chi connectivity index (χ4n) is 1.54. The number of hydrogen-bond donors (Lipinski definition) is 3. The molecule has 1 saturated heterocycles. The van der Waals surface area contributed by atoms with Crippen molar-refractivity contribution in [2.75, 3.05) is 13.1 Å². The number of ether oxygens (including phenoxy) is 1. The Bertz CT molecular complexity index is 317. The van der Waals surface area contributed by atoms with E-state index in [0.717, 1.165) is 5.57 Å². The maximum absolute atomic E-state index is 11.3. The Kier molecular flexibility index (Phi) is 4.96. The molecule has 2 amide bonds. The van der Waals surface area contributed by atoms with Gasteiger partial charge in [-0.3, -0.25) is 0 Å². The van der Waals surface area contributed by atoms with E-state index in [1.54, 1.807) is 0 Å². The van der Waals surface area contributed by atoms with Crippen molar-refractivity contribution in [2.45, 2.75) is 32.0 Å². The maximum atomic E-state index is 11.3. The summed E-state index contributed by atoms with van der Waals surface area (Å²) in [7, 11) is 0. The van der Waals surface area contributed by atoms with Crippen LogP contribution in [0.4, 0.5) is 4.79 Å². The monoisotopic (exact) mass is 242 g/mol. The van der Waals surface area contributed by atoms with Gasteiger partial charge in [-0.05, 0) is 19.8 Å². The van der Waals surface area contributed by atoms with Crippen molar-refractivity contribution in [3.05, 3.63) is 12.2 Å². The van der Waals surface area contributed by atoms with Crippen LogP contribution in [-0.4, -0.2) is 42.4 Å². The number of amides is 2. The number of carbonyl (C=O) groups excluding carboxylic acids is 1. The third-order valence-electron chi connectivity index (χ3n) is 2.42. The van der Waals surface area contributed by atoms with E-state index in [4.69, 9.17) is 9.84 Å². The van der Waals surface area contributed by atoms with E-state index in [1.807, 2.05) is 6.92 Å². The topological polar surface area (TPSA) is 87.7 Å². The van der Waals surface area contributed by atoms with Crippen molar-refractivity contribution >= 4 is 12.0 Å². The zero-order valence-electron chi connectivity index (χ0n) is 9.86. The number of urea groups is 1. The van der Waals surface area contributed by atoms with Gasteiger partial charge in [-0.25, -0.2) is 9.59 Å². The lowest BCUT2D eigenvalue weighted by Gasteiger charge is -2.12. The Balaban J connectivity index is 2.17. The van der Waals surface area contributed by atoms with Gasteiger partial charge in [0.2, 0.25) is 0 Å². The minimum atomic E-state index is -0.945. The highest BCUT2D eigenvalue weighted by Crippen LogP contribution is 2.18. The molecule has 0 aliphatic carbocycles. The second kappa shape index (κ2) is 6.24. The lowest BCUT2D eigenvalue weighted by Crippen LogP contribution is -2.40. The zero-order valence-corrected chi connectivity index (χ0v) is 9.86. The molecule has 1 heterocycles. The predicted octanol–water partition coefficient (Wildman–Crippen LogP) is 0.494. The number of hydrogen-bond acceptors (Lipinski definition) is 3. The molecule has 1 aliphatic rings. The molecule has 0 bridgehead atoms. The minimum Gasteiger partial charge on any atom is -0.479 e. The number of aliphatic carboxylic acids is 1. The molecule has 0 aromatic carbocycles. The average Bonchev–Trinajstić information content (AvgIpc) is 2.72. The first-order chi connectivity index (χ1) is 7.99. The molecule has 2 atom stereocenters. The van der Waals surface area contributed by atoms with Gasteiger partial charge in [0.15, 0.2) is 6.10 Å². The van der Waals surface area contributed by atoms with Gasteiger partial charge in [0.1, 0.15) is 0 Å². The summed E-state index contributed by atoms with van der Waals surface area (Å²) in [6.45, 7) is 6.23. The molecule has 17 heavy (non-hydrogen) atoms. The average molecular weight is 242 g/mol. The third-order valence-corrected chi connectivity index (χ3v) is 2.42. The highest BCUT2D eigenvalue weighted by atomic mass is 16.5. The molecular formula is C11H18N2O4. The van der Waals surface area contributed by atoms with Crippen LogP contribution in [0.2, 0.25) is 0 Å². The van der Waals surface area contributed by atoms with Crippen LogP contribution in [-0.2, 0) is 9.53 Å². The van der Waals surface area contributed by atoms with Gasteiger partial charge < -0.3 is 20.5 Å². The van der Waals surface area contributed by atoms with Gasteiger partial charge in [0.25, 0.3) is 0 Å². The summed E-state index contributed by atoms with van der Waals surface area (Å²) in [6, 6.07) is -0.296. The summed E-state index contributed by atoms with van der Waals surface area (Å²) in [6.07, 6.45) is 0.194. The quantitative estimate of drug-likeness (QED) is 0.612. The van der Waals surface area contributed by atoms with Crippen LogP contribution in [0.15, 0.2) is 12.2 Å². The molecule has 6 nitrogen and oxygen atoms in total. The Morgan fingerprint density at radius 1 is 1.41 bits per heavy atom. The number of carboxylic acid groups (broad SMARTS) is 1. The fourth-order valence-corrected chi connectivity index (χ4v) is 1.54. The van der Waals surface area contributed by atoms with Crippen LogP contribution in [0.1, 0.15) is 19.8 Å². The van der Waals surface area contributed by atoms with E-state index in [2.05, 4.69) is 17.2 Å². The first-order valence-electron chi connectivity index (χ1n) is 5.53. The minimum absolute atomic E-state index is 0.216. The van der Waals surface area contributed by atoms with E-state index in [1.165, 1.54) is 0 Å². The lowest BCUT2D eigenvalue weighted by molar-refractivity contribution is -0.149. The summed E-state index contributed by atoms with van der Waals surface area (Å²) in [5.41, 5.74) is 0.864. The molecule has 3 N–H and O–H groups in total. The maximum Gasteiger partial charge on any atom is 0.332 e. The Morgan fingerprint density at radius 2 is 2.12 bits per heavy atom. The standard InChI is InChI=1S/C11H18N2O4/c1-7(2)5-12-11(16)13-6-8-3-4-9(17-8)10(14)15/h8-9H,1,3-6H2,2H3,(H,14,15)(H2,12,13,16). The van der Waals surface area contributed by atoms with Gasteiger partial charge >= 0.3 is 12.0 Å². The van der Waals surface area contributed by atoms with E-state index < -0.39 is 12.1 Å². The van der Waals surface area contributed by atoms with Crippen LogP contribution in [0.5, 0.6) is 0 Å². The van der Waals surface area contributed by atoms with Crippen LogP contribution in [0.3, 0.4) is 0 Å². The Hall–Kier alpha value is -1.56. The van der Waals surface area contributed by atoms with Crippen LogP contribution in [0, 0.1) is 0 Å². The molecule has 0 aromatic heterocycles. The first-order valence-corrected chi connectivity index (χ1v) is 5.53. The molecule has 0 saturated carbocycles. The molecular weight excluding hydrogens is 224 g/mol. The molecule has 0 radical (unpaired) electrons. The van der Waals surface area contributed by atoms with Gasteiger partial charge in [-0.2, -0.15) is 0 Å². The summed E-state index contributed by atoms with van der Waals surface area (Å²) in [5.74, 6) is -0.945. The van der Waals surface area contributed by atoms with Crippen molar-refractivity contribution in [1.82, 2.24) is 10.6 Å². The van der Waals surface area contributed by atoms with E-state index in [0.29, 0.717) is 25.9 Å². The summed E-state index contributed by atoms with van der Waals surface area (Å²) in [4.78, 5) is 21.9. The number of rotatable bonds is 5. The van der Waals surface area contributed by atoms with Gasteiger partial charge in [0.05, 0.1) is 6.10 Å². The molecule has 0 aromatic rings. The van der Waals surface area contributed by atoms with Crippen molar-refractivity contribution < 1.29 is 19.4 Å². The molecule has 96 valence electrons. The SMILES string of the molecule is C=C(C)CNC(=O)NCC1CCC(C(=O)O)O1. The van der Waals surface area contributed by atoms with Crippen molar-refractivity contribution in [3.63, 3.8) is 0 Å². The Morgan fingerprint density at radius 3 is 2.65 bits per heavy atom. The summed E-state index contributed by atoms with van der Waals surface area (Å²) >= 11 is 0.